The van der Waals surface area contributed by atoms with E-state index in [1.807, 2.05) is 31.2 Å². The van der Waals surface area contributed by atoms with E-state index in [1.54, 1.807) is 7.05 Å². The van der Waals surface area contributed by atoms with E-state index in [9.17, 15) is 14.4 Å². The molecule has 0 bridgehead atoms. The Balaban J connectivity index is 1.47. The Morgan fingerprint density at radius 1 is 1.06 bits per heavy atom. The quantitative estimate of drug-likeness (QED) is 0.642. The normalized spacial score (nSPS) is 13.1. The SMILES string of the molecule is CC(CNC(=O)OCC1c2ccccc2-c2ccccc21)CC(=O)N(C)CCC(=O)O. The first kappa shape index (κ1) is 22.3. The van der Waals surface area contributed by atoms with Gasteiger partial charge in [0.1, 0.15) is 6.61 Å². The van der Waals surface area contributed by atoms with E-state index >= 15 is 0 Å². The van der Waals surface area contributed by atoms with Crippen molar-refractivity contribution in [3.8, 4) is 11.1 Å². The number of nitrogens with one attached hydrogen (secondary N) is 1. The Morgan fingerprint density at radius 3 is 2.23 bits per heavy atom. The number of hydrogen-bond acceptors (Lipinski definition) is 4. The van der Waals surface area contributed by atoms with E-state index in [4.69, 9.17) is 9.84 Å². The fourth-order valence-corrected chi connectivity index (χ4v) is 3.82. The number of fused-ring (bicyclic) bond motifs is 3. The molecular weight excluding hydrogens is 396 g/mol. The van der Waals surface area contributed by atoms with Crippen molar-refractivity contribution in [1.82, 2.24) is 10.2 Å². The molecule has 3 rings (SSSR count). The van der Waals surface area contributed by atoms with Crippen molar-refractivity contribution in [1.29, 1.82) is 0 Å². The molecule has 0 spiro atoms. The fraction of sp³-hybridized carbons (Fsp3) is 0.375. The minimum atomic E-state index is -0.940. The van der Waals surface area contributed by atoms with Crippen molar-refractivity contribution in [2.24, 2.45) is 5.92 Å². The van der Waals surface area contributed by atoms with Crippen LogP contribution in [0, 0.1) is 5.92 Å². The lowest BCUT2D eigenvalue weighted by Gasteiger charge is -2.19. The Kier molecular flexibility index (Phi) is 7.28. The third-order valence-corrected chi connectivity index (χ3v) is 5.55. The molecule has 164 valence electrons. The van der Waals surface area contributed by atoms with Crippen LogP contribution in [0.1, 0.15) is 36.8 Å². The van der Waals surface area contributed by atoms with Crippen molar-refractivity contribution in [2.75, 3.05) is 26.7 Å². The lowest BCUT2D eigenvalue weighted by Crippen LogP contribution is -2.34. The molecule has 2 aromatic carbocycles. The number of amides is 2. The summed E-state index contributed by atoms with van der Waals surface area (Å²) in [6.07, 6.45) is -0.380. The predicted octanol–water partition coefficient (Wildman–Crippen LogP) is 3.48. The second-order valence-corrected chi connectivity index (χ2v) is 7.97. The van der Waals surface area contributed by atoms with E-state index in [2.05, 4.69) is 29.6 Å². The van der Waals surface area contributed by atoms with Crippen LogP contribution in [0.25, 0.3) is 11.1 Å². The summed E-state index contributed by atoms with van der Waals surface area (Å²) in [4.78, 5) is 36.4. The van der Waals surface area contributed by atoms with E-state index in [-0.39, 0.29) is 43.7 Å². The zero-order valence-electron chi connectivity index (χ0n) is 17.8. The van der Waals surface area contributed by atoms with Crippen molar-refractivity contribution in [3.05, 3.63) is 59.7 Å². The van der Waals surface area contributed by atoms with Gasteiger partial charge in [-0.25, -0.2) is 4.79 Å². The van der Waals surface area contributed by atoms with Gasteiger partial charge in [-0.2, -0.15) is 0 Å². The number of hydrogen-bond donors (Lipinski definition) is 2. The number of carboxylic acid groups (broad SMARTS) is 1. The summed E-state index contributed by atoms with van der Waals surface area (Å²) in [6, 6.07) is 16.3. The van der Waals surface area contributed by atoms with Crippen LogP contribution < -0.4 is 5.32 Å². The molecule has 0 aromatic heterocycles. The van der Waals surface area contributed by atoms with Crippen LogP contribution in [-0.2, 0) is 14.3 Å². The Labute approximate surface area is 182 Å². The molecule has 1 atom stereocenters. The van der Waals surface area contributed by atoms with Gasteiger partial charge in [0.15, 0.2) is 0 Å². The van der Waals surface area contributed by atoms with Gasteiger partial charge in [0, 0.05) is 32.5 Å². The summed E-state index contributed by atoms with van der Waals surface area (Å²) >= 11 is 0. The van der Waals surface area contributed by atoms with Crippen LogP contribution in [0.3, 0.4) is 0 Å². The standard InChI is InChI=1S/C24H28N2O5/c1-16(13-22(27)26(2)12-11-23(28)29)14-25-24(30)31-15-21-19-9-5-3-7-17(19)18-8-4-6-10-20(18)21/h3-10,16,21H,11-15H2,1-2H3,(H,25,30)(H,28,29). The third kappa shape index (κ3) is 5.63. The summed E-state index contributed by atoms with van der Waals surface area (Å²) < 4.78 is 5.50. The molecule has 0 saturated heterocycles. The van der Waals surface area contributed by atoms with Crippen molar-refractivity contribution in [2.45, 2.75) is 25.7 Å². The zero-order chi connectivity index (χ0) is 22.4. The molecule has 2 amide bonds. The number of carboxylic acids is 1. The second-order valence-electron chi connectivity index (χ2n) is 7.97. The number of benzene rings is 2. The summed E-state index contributed by atoms with van der Waals surface area (Å²) in [6.45, 7) is 2.56. The highest BCUT2D eigenvalue weighted by Gasteiger charge is 2.29. The van der Waals surface area contributed by atoms with Crippen LogP contribution >= 0.6 is 0 Å². The molecule has 1 aliphatic rings. The summed E-state index contributed by atoms with van der Waals surface area (Å²) in [5.41, 5.74) is 4.65. The monoisotopic (exact) mass is 424 g/mol. The first-order chi connectivity index (χ1) is 14.9. The van der Waals surface area contributed by atoms with Gasteiger partial charge in [-0.15, -0.1) is 0 Å². The fourth-order valence-electron chi connectivity index (χ4n) is 3.82. The number of carbonyl (C=O) groups is 3. The first-order valence-corrected chi connectivity index (χ1v) is 10.4. The van der Waals surface area contributed by atoms with E-state index in [1.165, 1.54) is 16.0 Å². The lowest BCUT2D eigenvalue weighted by molar-refractivity contribution is -0.138. The Morgan fingerprint density at radius 2 is 1.65 bits per heavy atom. The maximum Gasteiger partial charge on any atom is 0.407 e. The zero-order valence-corrected chi connectivity index (χ0v) is 17.8. The van der Waals surface area contributed by atoms with Crippen molar-refractivity contribution < 1.29 is 24.2 Å². The molecule has 0 heterocycles. The highest BCUT2D eigenvalue weighted by Crippen LogP contribution is 2.44. The number of carbonyl (C=O) groups excluding carboxylic acids is 2. The largest absolute Gasteiger partial charge is 0.481 e. The molecule has 0 fully saturated rings. The van der Waals surface area contributed by atoms with E-state index < -0.39 is 12.1 Å². The van der Waals surface area contributed by atoms with Gasteiger partial charge >= 0.3 is 12.1 Å². The molecule has 2 N–H and O–H groups in total. The Bertz CT molecular complexity index is 913. The highest BCUT2D eigenvalue weighted by atomic mass is 16.5. The number of nitrogens with zero attached hydrogens (tertiary/aromatic N) is 1. The molecule has 7 heteroatoms. The van der Waals surface area contributed by atoms with Crippen LogP contribution in [0.4, 0.5) is 4.79 Å². The van der Waals surface area contributed by atoms with Crippen LogP contribution in [0.15, 0.2) is 48.5 Å². The van der Waals surface area contributed by atoms with Gasteiger partial charge in [-0.05, 0) is 28.2 Å². The van der Waals surface area contributed by atoms with Gasteiger partial charge in [-0.1, -0.05) is 55.5 Å². The topological polar surface area (TPSA) is 95.9 Å². The molecule has 1 unspecified atom stereocenters. The van der Waals surface area contributed by atoms with Gasteiger partial charge in [0.25, 0.3) is 0 Å². The van der Waals surface area contributed by atoms with Crippen molar-refractivity contribution in [3.63, 3.8) is 0 Å². The smallest absolute Gasteiger partial charge is 0.407 e. The van der Waals surface area contributed by atoms with Crippen molar-refractivity contribution >= 4 is 18.0 Å². The number of ether oxygens (including phenoxy) is 1. The molecule has 0 aliphatic heterocycles. The highest BCUT2D eigenvalue weighted by molar-refractivity contribution is 5.79. The Hall–Kier alpha value is -3.35. The first-order valence-electron chi connectivity index (χ1n) is 10.4. The second kappa shape index (κ2) is 10.1. The molecule has 2 aromatic rings. The van der Waals surface area contributed by atoms with Crippen LogP contribution in [0.2, 0.25) is 0 Å². The molecule has 31 heavy (non-hydrogen) atoms. The number of aliphatic carboxylic acids is 1. The van der Waals surface area contributed by atoms with Gasteiger partial charge in [-0.3, -0.25) is 9.59 Å². The minimum absolute atomic E-state index is 0.0000334. The molecule has 7 nitrogen and oxygen atoms in total. The van der Waals surface area contributed by atoms with Crippen LogP contribution in [0.5, 0.6) is 0 Å². The minimum Gasteiger partial charge on any atom is -0.481 e. The van der Waals surface area contributed by atoms with Crippen LogP contribution in [-0.4, -0.2) is 54.7 Å². The molecule has 0 radical (unpaired) electrons. The maximum absolute atomic E-state index is 12.2. The van der Waals surface area contributed by atoms with E-state index in [0.29, 0.717) is 6.54 Å². The van der Waals surface area contributed by atoms with Gasteiger partial charge in [0.2, 0.25) is 5.91 Å². The molecule has 1 aliphatic carbocycles. The summed E-state index contributed by atoms with van der Waals surface area (Å²) in [5.74, 6) is -1.19. The molecule has 0 saturated carbocycles. The average Bonchev–Trinajstić information content (AvgIpc) is 3.08. The van der Waals surface area contributed by atoms with Gasteiger partial charge in [0.05, 0.1) is 6.42 Å². The number of alkyl carbamates (subject to hydrolysis) is 1. The third-order valence-electron chi connectivity index (χ3n) is 5.55. The summed E-state index contributed by atoms with van der Waals surface area (Å²) in [5, 5.41) is 11.4. The van der Waals surface area contributed by atoms with E-state index in [0.717, 1.165) is 11.1 Å². The maximum atomic E-state index is 12.2. The summed E-state index contributed by atoms with van der Waals surface area (Å²) in [7, 11) is 1.58. The molecular formula is C24H28N2O5. The van der Waals surface area contributed by atoms with Gasteiger partial charge < -0.3 is 20.1 Å². The lowest BCUT2D eigenvalue weighted by atomic mass is 9.98. The average molecular weight is 424 g/mol. The predicted molar refractivity (Wildman–Crippen MR) is 117 cm³/mol. The number of rotatable bonds is 9.